The van der Waals surface area contributed by atoms with Gasteiger partial charge in [-0.2, -0.15) is 0 Å². The Balaban J connectivity index is 1.67. The van der Waals surface area contributed by atoms with Crippen molar-refractivity contribution in [2.24, 2.45) is 0 Å². The van der Waals surface area contributed by atoms with Gasteiger partial charge in [-0.3, -0.25) is 14.4 Å². The van der Waals surface area contributed by atoms with E-state index in [-0.39, 0.29) is 16.3 Å². The van der Waals surface area contributed by atoms with Crippen molar-refractivity contribution in [2.75, 3.05) is 63.0 Å². The number of anilines is 3. The summed E-state index contributed by atoms with van der Waals surface area (Å²) in [6.45, 7) is 2.23. The smallest absolute Gasteiger partial charge is 0.201 e. The minimum atomic E-state index is -0.130. The molecule has 0 saturated heterocycles. The molecule has 0 aliphatic rings. The number of methoxy groups -OCH3 is 3. The van der Waals surface area contributed by atoms with E-state index in [4.69, 9.17) is 14.2 Å². The average molecular weight is 534 g/mol. The lowest BCUT2D eigenvalue weighted by molar-refractivity contribution is 0.415. The van der Waals surface area contributed by atoms with Gasteiger partial charge in [-0.25, -0.2) is 0 Å². The van der Waals surface area contributed by atoms with Crippen molar-refractivity contribution in [1.82, 2.24) is 0 Å². The van der Waals surface area contributed by atoms with Gasteiger partial charge in [0.05, 0.1) is 38.4 Å². The van der Waals surface area contributed by atoms with E-state index in [9.17, 15) is 14.4 Å². The van der Waals surface area contributed by atoms with Crippen molar-refractivity contribution < 1.29 is 14.2 Å². The molecule has 0 aliphatic carbocycles. The molecule has 9 nitrogen and oxygen atoms in total. The Morgan fingerprint density at radius 3 is 1.36 bits per heavy atom. The molecule has 206 valence electrons. The molecule has 3 rings (SSSR count). The zero-order chi connectivity index (χ0) is 28.0. The molecule has 2 N–H and O–H groups in total. The van der Waals surface area contributed by atoms with Crippen LogP contribution in [-0.4, -0.2) is 47.5 Å². The lowest BCUT2D eigenvalue weighted by atomic mass is 10.2. The van der Waals surface area contributed by atoms with Crippen LogP contribution < -0.4 is 46.0 Å². The Morgan fingerprint density at radius 2 is 0.923 bits per heavy atom. The highest BCUT2D eigenvalue weighted by atomic mass is 16.5. The topological polar surface area (TPSA) is 106 Å². The second-order valence-electron chi connectivity index (χ2n) is 8.67. The molecule has 0 fully saturated rings. The summed E-state index contributed by atoms with van der Waals surface area (Å²) >= 11 is 0. The molecule has 0 radical (unpaired) electrons. The SMILES string of the molecule is COc1ccc(NCCCN(CCCNc2ccc(OC)ccc2=O)c2ccc(OC)ccc2=O)c(=O)cc1. The summed E-state index contributed by atoms with van der Waals surface area (Å²) in [5, 5.41) is 6.37. The van der Waals surface area contributed by atoms with Gasteiger partial charge < -0.3 is 29.7 Å². The first-order valence-corrected chi connectivity index (χ1v) is 12.7. The van der Waals surface area contributed by atoms with Gasteiger partial charge in [0.1, 0.15) is 17.2 Å². The summed E-state index contributed by atoms with van der Waals surface area (Å²) in [4.78, 5) is 39.6. The standard InChI is InChI=1S/C30H35N3O6/c1-37-22-6-12-25(28(34)15-9-22)31-18-4-20-33(27-14-8-24(39-3)11-17-30(27)36)21-5-19-32-26-13-7-23(38-2)10-16-29(26)35/h6-17H,4-5,18-21H2,1-3H3,(H,31,34)(H,32,35). The third kappa shape index (κ3) is 8.77. The van der Waals surface area contributed by atoms with Crippen LogP contribution >= 0.6 is 0 Å². The predicted molar refractivity (Wildman–Crippen MR) is 156 cm³/mol. The fourth-order valence-corrected chi connectivity index (χ4v) is 3.94. The third-order valence-corrected chi connectivity index (χ3v) is 6.10. The molecular formula is C30H35N3O6. The van der Waals surface area contributed by atoms with Crippen LogP contribution in [0.3, 0.4) is 0 Å². The van der Waals surface area contributed by atoms with E-state index < -0.39 is 0 Å². The zero-order valence-electron chi connectivity index (χ0n) is 22.6. The lowest BCUT2D eigenvalue weighted by Gasteiger charge is -2.24. The molecule has 0 heterocycles. The van der Waals surface area contributed by atoms with Crippen LogP contribution in [-0.2, 0) is 0 Å². The molecule has 0 amide bonds. The van der Waals surface area contributed by atoms with Crippen molar-refractivity contribution in [2.45, 2.75) is 12.8 Å². The Hall–Kier alpha value is -4.53. The number of rotatable bonds is 14. The minimum Gasteiger partial charge on any atom is -0.497 e. The normalized spacial score (nSPS) is 10.3. The van der Waals surface area contributed by atoms with Crippen LogP contribution in [0, 0.1) is 0 Å². The first-order chi connectivity index (χ1) is 18.9. The van der Waals surface area contributed by atoms with E-state index in [0.717, 1.165) is 0 Å². The molecule has 0 atom stereocenters. The number of hydrogen-bond donors (Lipinski definition) is 2. The Morgan fingerprint density at radius 1 is 0.538 bits per heavy atom. The van der Waals surface area contributed by atoms with E-state index in [1.54, 1.807) is 75.9 Å². The Bertz CT molecular complexity index is 1340. The first kappa shape index (κ1) is 29.0. The van der Waals surface area contributed by atoms with Gasteiger partial charge in [-0.05, 0) is 85.6 Å². The van der Waals surface area contributed by atoms with E-state index >= 15 is 0 Å². The average Bonchev–Trinajstić information content (AvgIpc) is 3.34. The minimum absolute atomic E-state index is 0.118. The number of ether oxygens (including phenoxy) is 3. The molecule has 3 aromatic carbocycles. The van der Waals surface area contributed by atoms with Crippen molar-refractivity contribution in [3.63, 3.8) is 0 Å². The zero-order valence-corrected chi connectivity index (χ0v) is 22.6. The largest absolute Gasteiger partial charge is 0.497 e. The van der Waals surface area contributed by atoms with Crippen molar-refractivity contribution in [3.8, 4) is 17.2 Å². The first-order valence-electron chi connectivity index (χ1n) is 12.7. The Kier molecular flexibility index (Phi) is 11.2. The summed E-state index contributed by atoms with van der Waals surface area (Å²) in [5.74, 6) is 1.79. The van der Waals surface area contributed by atoms with Crippen LogP contribution in [0.25, 0.3) is 0 Å². The molecule has 0 saturated carbocycles. The summed E-state index contributed by atoms with van der Waals surface area (Å²) in [7, 11) is 4.66. The highest BCUT2D eigenvalue weighted by Crippen LogP contribution is 2.15. The van der Waals surface area contributed by atoms with E-state index in [1.165, 1.54) is 18.2 Å². The number of nitrogens with zero attached hydrogens (tertiary/aromatic N) is 1. The van der Waals surface area contributed by atoms with Crippen LogP contribution in [0.15, 0.2) is 87.2 Å². The van der Waals surface area contributed by atoms with Crippen molar-refractivity contribution in [3.05, 3.63) is 103 Å². The fourth-order valence-electron chi connectivity index (χ4n) is 3.94. The van der Waals surface area contributed by atoms with Crippen LogP contribution in [0.5, 0.6) is 17.2 Å². The van der Waals surface area contributed by atoms with Gasteiger partial charge in [-0.1, -0.05) is 0 Å². The summed E-state index contributed by atoms with van der Waals surface area (Å²) < 4.78 is 15.6. The summed E-state index contributed by atoms with van der Waals surface area (Å²) in [6.07, 6.45) is 1.35. The van der Waals surface area contributed by atoms with Gasteiger partial charge in [0.15, 0.2) is 0 Å². The van der Waals surface area contributed by atoms with Gasteiger partial charge in [-0.15, -0.1) is 0 Å². The van der Waals surface area contributed by atoms with Crippen LogP contribution in [0.1, 0.15) is 12.8 Å². The third-order valence-electron chi connectivity index (χ3n) is 6.10. The molecule has 0 unspecified atom stereocenters. The maximum absolute atomic E-state index is 12.9. The lowest BCUT2D eigenvalue weighted by Crippen LogP contribution is -2.31. The molecule has 9 heteroatoms. The maximum Gasteiger partial charge on any atom is 0.201 e. The monoisotopic (exact) mass is 533 g/mol. The van der Waals surface area contributed by atoms with Gasteiger partial charge >= 0.3 is 0 Å². The molecule has 39 heavy (non-hydrogen) atoms. The van der Waals surface area contributed by atoms with Crippen LogP contribution in [0.4, 0.5) is 17.1 Å². The number of nitrogens with one attached hydrogen (secondary N) is 2. The van der Waals surface area contributed by atoms with Crippen LogP contribution in [0.2, 0.25) is 0 Å². The van der Waals surface area contributed by atoms with E-state index in [1.807, 2.05) is 4.90 Å². The van der Waals surface area contributed by atoms with E-state index in [0.29, 0.717) is 73.3 Å². The van der Waals surface area contributed by atoms with Gasteiger partial charge in [0, 0.05) is 26.2 Å². The Labute approximate surface area is 228 Å². The molecule has 0 spiro atoms. The van der Waals surface area contributed by atoms with Crippen molar-refractivity contribution >= 4 is 17.1 Å². The predicted octanol–water partition coefficient (Wildman–Crippen LogP) is 3.60. The molecule has 0 bridgehead atoms. The fraction of sp³-hybridized carbons (Fsp3) is 0.300. The van der Waals surface area contributed by atoms with E-state index in [2.05, 4.69) is 10.6 Å². The summed E-state index contributed by atoms with van der Waals surface area (Å²) in [5.41, 5.74) is 1.14. The molecule has 0 aromatic heterocycles. The van der Waals surface area contributed by atoms with Gasteiger partial charge in [0.2, 0.25) is 16.3 Å². The quantitative estimate of drug-likeness (QED) is 0.301. The van der Waals surface area contributed by atoms with Gasteiger partial charge in [0.25, 0.3) is 0 Å². The van der Waals surface area contributed by atoms with Crippen molar-refractivity contribution in [1.29, 1.82) is 0 Å². The second-order valence-corrected chi connectivity index (χ2v) is 8.67. The number of hydrogen-bond acceptors (Lipinski definition) is 9. The molecule has 3 aromatic rings. The molecule has 0 aliphatic heterocycles. The highest BCUT2D eigenvalue weighted by Gasteiger charge is 2.10. The molecular weight excluding hydrogens is 498 g/mol. The second kappa shape index (κ2) is 15.0. The highest BCUT2D eigenvalue weighted by molar-refractivity contribution is 5.48. The maximum atomic E-state index is 12.9. The summed E-state index contributed by atoms with van der Waals surface area (Å²) in [6, 6.07) is 19.7.